The highest BCUT2D eigenvalue weighted by molar-refractivity contribution is 5.79. The van der Waals surface area contributed by atoms with Gasteiger partial charge in [0.25, 0.3) is 0 Å². The minimum Gasteiger partial charge on any atom is -0.377 e. The quantitative estimate of drug-likeness (QED) is 0.788. The number of carbonyl (C=O) groups excluding carboxylic acids is 1. The third-order valence-corrected chi connectivity index (χ3v) is 2.92. The molecule has 1 fully saturated rings. The molecule has 5 nitrogen and oxygen atoms in total. The topological polar surface area (TPSA) is 68.5 Å². The van der Waals surface area contributed by atoms with Gasteiger partial charge in [-0.1, -0.05) is 0 Å². The largest absolute Gasteiger partial charge is 0.377 e. The zero-order valence-corrected chi connectivity index (χ0v) is 9.71. The van der Waals surface area contributed by atoms with Crippen molar-refractivity contribution in [1.82, 2.24) is 9.88 Å². The molecule has 1 unspecified atom stereocenters. The summed E-state index contributed by atoms with van der Waals surface area (Å²) in [7, 11) is 0. The SMILES string of the molecule is NCC1COCCN1C(=O)Cc1ccncc1. The second kappa shape index (κ2) is 5.75. The summed E-state index contributed by atoms with van der Waals surface area (Å²) in [6.07, 6.45) is 3.80. The number of carbonyl (C=O) groups is 1. The lowest BCUT2D eigenvalue weighted by Crippen LogP contribution is -2.52. The molecule has 1 aromatic rings. The Balaban J connectivity index is 1.99. The molecule has 0 saturated carbocycles. The molecule has 0 radical (unpaired) electrons. The van der Waals surface area contributed by atoms with Crippen molar-refractivity contribution in [3.8, 4) is 0 Å². The Morgan fingerprint density at radius 1 is 1.53 bits per heavy atom. The molecule has 1 aliphatic heterocycles. The van der Waals surface area contributed by atoms with E-state index in [0.717, 1.165) is 5.56 Å². The summed E-state index contributed by atoms with van der Waals surface area (Å²) in [5, 5.41) is 0. The van der Waals surface area contributed by atoms with Crippen LogP contribution in [-0.4, -0.2) is 48.1 Å². The van der Waals surface area contributed by atoms with Crippen molar-refractivity contribution in [3.63, 3.8) is 0 Å². The average Bonchev–Trinajstić information content (AvgIpc) is 2.40. The van der Waals surface area contributed by atoms with Crippen LogP contribution in [0.15, 0.2) is 24.5 Å². The molecule has 92 valence electrons. The van der Waals surface area contributed by atoms with E-state index in [4.69, 9.17) is 10.5 Å². The van der Waals surface area contributed by atoms with Gasteiger partial charge in [0.15, 0.2) is 0 Å². The number of rotatable bonds is 3. The standard InChI is InChI=1S/C12H17N3O2/c13-8-11-9-17-6-5-15(11)12(16)7-10-1-3-14-4-2-10/h1-4,11H,5-9,13H2. The summed E-state index contributed by atoms with van der Waals surface area (Å²) in [4.78, 5) is 17.9. The second-order valence-corrected chi connectivity index (χ2v) is 4.08. The Morgan fingerprint density at radius 2 is 2.29 bits per heavy atom. The van der Waals surface area contributed by atoms with Gasteiger partial charge < -0.3 is 15.4 Å². The zero-order valence-electron chi connectivity index (χ0n) is 9.71. The monoisotopic (exact) mass is 235 g/mol. The molecule has 0 bridgehead atoms. The summed E-state index contributed by atoms with van der Waals surface area (Å²) >= 11 is 0. The van der Waals surface area contributed by atoms with Gasteiger partial charge >= 0.3 is 0 Å². The summed E-state index contributed by atoms with van der Waals surface area (Å²) < 4.78 is 5.32. The van der Waals surface area contributed by atoms with Crippen LogP contribution in [0.25, 0.3) is 0 Å². The molecule has 5 heteroatoms. The second-order valence-electron chi connectivity index (χ2n) is 4.08. The molecular formula is C12H17N3O2. The highest BCUT2D eigenvalue weighted by Crippen LogP contribution is 2.09. The van der Waals surface area contributed by atoms with Crippen LogP contribution >= 0.6 is 0 Å². The molecule has 2 rings (SSSR count). The van der Waals surface area contributed by atoms with Crippen molar-refractivity contribution in [2.75, 3.05) is 26.3 Å². The molecule has 1 saturated heterocycles. The number of morpholine rings is 1. The molecule has 2 N–H and O–H groups in total. The van der Waals surface area contributed by atoms with Crippen molar-refractivity contribution in [2.24, 2.45) is 5.73 Å². The van der Waals surface area contributed by atoms with Crippen LogP contribution in [0, 0.1) is 0 Å². The van der Waals surface area contributed by atoms with Gasteiger partial charge in [-0.2, -0.15) is 0 Å². The molecule has 1 atom stereocenters. The van der Waals surface area contributed by atoms with Crippen LogP contribution in [0.3, 0.4) is 0 Å². The average molecular weight is 235 g/mol. The number of pyridine rings is 1. The molecule has 0 spiro atoms. The first kappa shape index (κ1) is 12.0. The van der Waals surface area contributed by atoms with E-state index < -0.39 is 0 Å². The number of hydrogen-bond donors (Lipinski definition) is 1. The van der Waals surface area contributed by atoms with Crippen molar-refractivity contribution >= 4 is 5.91 Å². The fourth-order valence-electron chi connectivity index (χ4n) is 1.96. The van der Waals surface area contributed by atoms with Crippen molar-refractivity contribution in [2.45, 2.75) is 12.5 Å². The van der Waals surface area contributed by atoms with E-state index in [1.54, 1.807) is 12.4 Å². The fraction of sp³-hybridized carbons (Fsp3) is 0.500. The summed E-state index contributed by atoms with van der Waals surface area (Å²) in [5.74, 6) is 0.106. The van der Waals surface area contributed by atoms with E-state index in [-0.39, 0.29) is 11.9 Å². The van der Waals surface area contributed by atoms with E-state index in [1.165, 1.54) is 0 Å². The third-order valence-electron chi connectivity index (χ3n) is 2.92. The molecule has 0 aliphatic carbocycles. The van der Waals surface area contributed by atoms with Crippen LogP contribution in [0.4, 0.5) is 0 Å². The van der Waals surface area contributed by atoms with Crippen LogP contribution in [0.2, 0.25) is 0 Å². The van der Waals surface area contributed by atoms with Crippen LogP contribution in [-0.2, 0) is 16.0 Å². The van der Waals surface area contributed by atoms with Crippen LogP contribution in [0.1, 0.15) is 5.56 Å². The molecular weight excluding hydrogens is 218 g/mol. The van der Waals surface area contributed by atoms with Gasteiger partial charge in [-0.25, -0.2) is 0 Å². The molecule has 17 heavy (non-hydrogen) atoms. The Hall–Kier alpha value is -1.46. The highest BCUT2D eigenvalue weighted by atomic mass is 16.5. The minimum absolute atomic E-state index is 0.0121. The highest BCUT2D eigenvalue weighted by Gasteiger charge is 2.25. The number of nitrogens with two attached hydrogens (primary N) is 1. The zero-order chi connectivity index (χ0) is 12.1. The van der Waals surface area contributed by atoms with E-state index in [2.05, 4.69) is 4.98 Å². The maximum Gasteiger partial charge on any atom is 0.227 e. The Labute approximate surface area is 101 Å². The van der Waals surface area contributed by atoms with Gasteiger partial charge in [0, 0.05) is 25.5 Å². The van der Waals surface area contributed by atoms with Crippen molar-refractivity contribution in [1.29, 1.82) is 0 Å². The van der Waals surface area contributed by atoms with Gasteiger partial charge in [-0.3, -0.25) is 9.78 Å². The van der Waals surface area contributed by atoms with E-state index in [1.807, 2.05) is 17.0 Å². The maximum absolute atomic E-state index is 12.1. The van der Waals surface area contributed by atoms with Gasteiger partial charge in [-0.15, -0.1) is 0 Å². The van der Waals surface area contributed by atoms with E-state index >= 15 is 0 Å². The Kier molecular flexibility index (Phi) is 4.06. The Bertz CT molecular complexity index is 369. The first-order valence-corrected chi connectivity index (χ1v) is 5.77. The third kappa shape index (κ3) is 3.01. The van der Waals surface area contributed by atoms with E-state index in [9.17, 15) is 4.79 Å². The molecule has 1 aliphatic rings. The lowest BCUT2D eigenvalue weighted by Gasteiger charge is -2.35. The number of ether oxygens (including phenoxy) is 1. The van der Waals surface area contributed by atoms with Gasteiger partial charge in [0.05, 0.1) is 25.7 Å². The van der Waals surface area contributed by atoms with Gasteiger partial charge in [-0.05, 0) is 17.7 Å². The minimum atomic E-state index is 0.0121. The maximum atomic E-state index is 12.1. The van der Waals surface area contributed by atoms with Crippen molar-refractivity contribution < 1.29 is 9.53 Å². The van der Waals surface area contributed by atoms with Gasteiger partial charge in [0.1, 0.15) is 0 Å². The smallest absolute Gasteiger partial charge is 0.227 e. The molecule has 1 amide bonds. The van der Waals surface area contributed by atoms with E-state index in [0.29, 0.717) is 32.7 Å². The number of amides is 1. The van der Waals surface area contributed by atoms with Gasteiger partial charge in [0.2, 0.25) is 5.91 Å². The predicted octanol–water partition coefficient (Wildman–Crippen LogP) is -0.190. The number of hydrogen-bond acceptors (Lipinski definition) is 4. The van der Waals surface area contributed by atoms with Crippen LogP contribution in [0.5, 0.6) is 0 Å². The lowest BCUT2D eigenvalue weighted by molar-refractivity contribution is -0.138. The predicted molar refractivity (Wildman–Crippen MR) is 63.3 cm³/mol. The number of aromatic nitrogens is 1. The first-order valence-electron chi connectivity index (χ1n) is 5.77. The number of nitrogens with zero attached hydrogens (tertiary/aromatic N) is 2. The fourth-order valence-corrected chi connectivity index (χ4v) is 1.96. The van der Waals surface area contributed by atoms with Crippen molar-refractivity contribution in [3.05, 3.63) is 30.1 Å². The lowest BCUT2D eigenvalue weighted by atomic mass is 10.1. The first-order chi connectivity index (χ1) is 8.31. The molecule has 1 aromatic heterocycles. The normalized spacial score (nSPS) is 20.3. The molecule has 0 aromatic carbocycles. The summed E-state index contributed by atoms with van der Waals surface area (Å²) in [5.41, 5.74) is 6.62. The summed E-state index contributed by atoms with van der Waals surface area (Å²) in [6, 6.07) is 3.73. The van der Waals surface area contributed by atoms with Crippen LogP contribution < -0.4 is 5.73 Å². The summed E-state index contributed by atoms with van der Waals surface area (Å²) in [6.45, 7) is 2.21. The Morgan fingerprint density at radius 3 is 3.00 bits per heavy atom. The molecule has 2 heterocycles.